The van der Waals surface area contributed by atoms with Crippen molar-refractivity contribution in [3.05, 3.63) is 69.7 Å². The van der Waals surface area contributed by atoms with Gasteiger partial charge in [-0.3, -0.25) is 4.79 Å². The number of alkyl halides is 3. The molecule has 10 heteroatoms. The van der Waals surface area contributed by atoms with Crippen LogP contribution >= 0.6 is 23.2 Å². The molecule has 1 fully saturated rings. The standard InChI is InChI=1S/C18H13Cl2F3N2O3/c19-10-6-7-11(12(20)8-10)14-13(15(26)9-4-2-1-3-5-9)17(28,18(21,22)23)25-16(27)24-14/h1-8,13-14,28H,(H2,24,25,27). The van der Waals surface area contributed by atoms with Crippen molar-refractivity contribution in [3.63, 3.8) is 0 Å². The first-order valence-electron chi connectivity index (χ1n) is 7.96. The number of nitrogens with one attached hydrogen (secondary N) is 2. The van der Waals surface area contributed by atoms with Crippen molar-refractivity contribution in [2.24, 2.45) is 5.92 Å². The Kier molecular flexibility index (Phi) is 5.31. The summed E-state index contributed by atoms with van der Waals surface area (Å²) < 4.78 is 41.3. The molecular formula is C18H13Cl2F3N2O3. The second-order valence-corrected chi connectivity index (χ2v) is 7.06. The number of ketones is 1. The number of halogens is 5. The Bertz CT molecular complexity index is 924. The van der Waals surface area contributed by atoms with Gasteiger partial charge in [0.2, 0.25) is 5.72 Å². The molecule has 2 aromatic carbocycles. The highest BCUT2D eigenvalue weighted by atomic mass is 35.5. The molecule has 3 unspecified atom stereocenters. The van der Waals surface area contributed by atoms with Crippen LogP contribution in [-0.2, 0) is 0 Å². The van der Waals surface area contributed by atoms with E-state index in [9.17, 15) is 27.9 Å². The molecule has 28 heavy (non-hydrogen) atoms. The van der Waals surface area contributed by atoms with Gasteiger partial charge in [0.05, 0.1) is 6.04 Å². The molecule has 5 nitrogen and oxygen atoms in total. The molecule has 2 aromatic rings. The predicted molar refractivity (Wildman–Crippen MR) is 96.1 cm³/mol. The van der Waals surface area contributed by atoms with E-state index < -0.39 is 35.7 Å². The number of carbonyl (C=O) groups is 2. The van der Waals surface area contributed by atoms with Gasteiger partial charge in [0.1, 0.15) is 5.92 Å². The Hall–Kier alpha value is -2.29. The zero-order valence-corrected chi connectivity index (χ0v) is 15.4. The third-order valence-electron chi connectivity index (χ3n) is 4.44. The molecule has 0 radical (unpaired) electrons. The molecule has 0 aromatic heterocycles. The highest BCUT2D eigenvalue weighted by molar-refractivity contribution is 6.35. The maximum absolute atomic E-state index is 13.8. The molecule has 1 aliphatic heterocycles. The highest BCUT2D eigenvalue weighted by Gasteiger charge is 2.66. The maximum Gasteiger partial charge on any atom is 0.437 e. The van der Waals surface area contributed by atoms with Gasteiger partial charge in [-0.05, 0) is 17.7 Å². The van der Waals surface area contributed by atoms with Crippen LogP contribution in [0.25, 0.3) is 0 Å². The molecular weight excluding hydrogens is 420 g/mol. The number of rotatable bonds is 3. The van der Waals surface area contributed by atoms with E-state index in [2.05, 4.69) is 5.32 Å². The van der Waals surface area contributed by atoms with Crippen molar-refractivity contribution in [1.29, 1.82) is 0 Å². The van der Waals surface area contributed by atoms with Crippen LogP contribution in [0.1, 0.15) is 22.0 Å². The SMILES string of the molecule is O=C1NC(c2ccc(Cl)cc2Cl)C(C(=O)c2ccccc2)C(O)(C(F)(F)F)N1. The van der Waals surface area contributed by atoms with Gasteiger partial charge >= 0.3 is 12.2 Å². The Morgan fingerprint density at radius 2 is 1.75 bits per heavy atom. The van der Waals surface area contributed by atoms with Crippen LogP contribution in [0.3, 0.4) is 0 Å². The fourth-order valence-corrected chi connectivity index (χ4v) is 3.66. The van der Waals surface area contributed by atoms with Crippen LogP contribution in [0.15, 0.2) is 48.5 Å². The summed E-state index contributed by atoms with van der Waals surface area (Å²) in [6, 6.07) is 8.22. The summed E-state index contributed by atoms with van der Waals surface area (Å²) in [5.41, 5.74) is -3.86. The third kappa shape index (κ3) is 3.55. The van der Waals surface area contributed by atoms with E-state index in [1.54, 1.807) is 6.07 Å². The van der Waals surface area contributed by atoms with E-state index in [1.165, 1.54) is 47.8 Å². The summed E-state index contributed by atoms with van der Waals surface area (Å²) >= 11 is 11.9. The first-order valence-corrected chi connectivity index (χ1v) is 8.72. The van der Waals surface area contributed by atoms with Crippen LogP contribution in [0.4, 0.5) is 18.0 Å². The Labute approximate surface area is 167 Å². The smallest absolute Gasteiger partial charge is 0.363 e. The largest absolute Gasteiger partial charge is 0.437 e. The summed E-state index contributed by atoms with van der Waals surface area (Å²) in [5.74, 6) is -3.17. The molecule has 148 valence electrons. The highest BCUT2D eigenvalue weighted by Crippen LogP contribution is 2.45. The van der Waals surface area contributed by atoms with E-state index >= 15 is 0 Å². The van der Waals surface area contributed by atoms with Crippen molar-refractivity contribution in [2.75, 3.05) is 0 Å². The zero-order chi connectivity index (χ0) is 20.7. The van der Waals surface area contributed by atoms with E-state index in [0.717, 1.165) is 0 Å². The number of benzene rings is 2. The van der Waals surface area contributed by atoms with E-state index in [-0.39, 0.29) is 21.2 Å². The fraction of sp³-hybridized carbons (Fsp3) is 0.222. The molecule has 0 spiro atoms. The van der Waals surface area contributed by atoms with Gasteiger partial charge in [-0.1, -0.05) is 59.6 Å². The summed E-state index contributed by atoms with van der Waals surface area (Å²) in [7, 11) is 0. The van der Waals surface area contributed by atoms with Crippen LogP contribution in [0, 0.1) is 5.92 Å². The van der Waals surface area contributed by atoms with Gasteiger partial charge in [0.15, 0.2) is 5.78 Å². The second-order valence-electron chi connectivity index (χ2n) is 6.21. The number of amides is 2. The van der Waals surface area contributed by atoms with Crippen molar-refractivity contribution in [2.45, 2.75) is 17.9 Å². The molecule has 3 atom stereocenters. The molecule has 3 rings (SSSR count). The number of aliphatic hydroxyl groups is 1. The monoisotopic (exact) mass is 432 g/mol. The Morgan fingerprint density at radius 3 is 2.32 bits per heavy atom. The van der Waals surface area contributed by atoms with Gasteiger partial charge in [-0.15, -0.1) is 0 Å². The van der Waals surface area contributed by atoms with Gasteiger partial charge in [0.25, 0.3) is 0 Å². The van der Waals surface area contributed by atoms with Crippen molar-refractivity contribution < 1.29 is 27.9 Å². The molecule has 1 heterocycles. The number of hydrogen-bond acceptors (Lipinski definition) is 3. The molecule has 1 saturated heterocycles. The third-order valence-corrected chi connectivity index (χ3v) is 5.01. The van der Waals surface area contributed by atoms with Crippen LogP contribution in [0.5, 0.6) is 0 Å². The number of Topliss-reactive ketones (excluding diaryl/α,β-unsaturated/α-hetero) is 1. The minimum absolute atomic E-state index is 0.0119. The van der Waals surface area contributed by atoms with Crippen LogP contribution in [0.2, 0.25) is 10.0 Å². The molecule has 0 aliphatic carbocycles. The minimum atomic E-state index is -5.34. The van der Waals surface area contributed by atoms with E-state index in [1.807, 2.05) is 0 Å². The average molecular weight is 433 g/mol. The number of urea groups is 1. The summed E-state index contributed by atoms with van der Waals surface area (Å²) in [5, 5.41) is 14.3. The van der Waals surface area contributed by atoms with Crippen LogP contribution < -0.4 is 10.6 Å². The van der Waals surface area contributed by atoms with Crippen molar-refractivity contribution >= 4 is 35.0 Å². The van der Waals surface area contributed by atoms with Crippen molar-refractivity contribution in [1.82, 2.24) is 10.6 Å². The maximum atomic E-state index is 13.8. The van der Waals surface area contributed by atoms with Gasteiger partial charge in [-0.25, -0.2) is 4.79 Å². The summed E-state index contributed by atoms with van der Waals surface area (Å²) in [6.07, 6.45) is -5.34. The molecule has 2 amide bonds. The summed E-state index contributed by atoms with van der Waals surface area (Å²) in [6.45, 7) is 0. The predicted octanol–water partition coefficient (Wildman–Crippen LogP) is 4.10. The molecule has 0 saturated carbocycles. The number of carbonyl (C=O) groups excluding carboxylic acids is 2. The van der Waals surface area contributed by atoms with Gasteiger partial charge < -0.3 is 15.7 Å². The number of hydrogen-bond donors (Lipinski definition) is 3. The second kappa shape index (κ2) is 7.27. The fourth-order valence-electron chi connectivity index (χ4n) is 3.13. The normalized spacial score (nSPS) is 25.0. The lowest BCUT2D eigenvalue weighted by Crippen LogP contribution is -2.72. The first-order chi connectivity index (χ1) is 13.0. The zero-order valence-electron chi connectivity index (χ0n) is 13.9. The summed E-state index contributed by atoms with van der Waals surface area (Å²) in [4.78, 5) is 24.9. The van der Waals surface area contributed by atoms with Gasteiger partial charge in [0, 0.05) is 15.6 Å². The lowest BCUT2D eigenvalue weighted by Gasteiger charge is -2.45. The Morgan fingerprint density at radius 1 is 1.11 bits per heavy atom. The minimum Gasteiger partial charge on any atom is -0.363 e. The van der Waals surface area contributed by atoms with Gasteiger partial charge in [-0.2, -0.15) is 13.2 Å². The van der Waals surface area contributed by atoms with E-state index in [4.69, 9.17) is 23.2 Å². The van der Waals surface area contributed by atoms with Crippen LogP contribution in [-0.4, -0.2) is 28.8 Å². The molecule has 1 aliphatic rings. The quantitative estimate of drug-likeness (QED) is 0.638. The lowest BCUT2D eigenvalue weighted by molar-refractivity contribution is -0.287. The van der Waals surface area contributed by atoms with E-state index in [0.29, 0.717) is 0 Å². The topological polar surface area (TPSA) is 78.4 Å². The molecule has 0 bridgehead atoms. The Balaban J connectivity index is 2.20. The average Bonchev–Trinajstić information content (AvgIpc) is 2.60. The first kappa shape index (κ1) is 20.4. The lowest BCUT2D eigenvalue weighted by atomic mass is 9.77. The molecule has 3 N–H and O–H groups in total. The van der Waals surface area contributed by atoms with Crippen molar-refractivity contribution in [3.8, 4) is 0 Å².